The first-order valence-electron chi connectivity index (χ1n) is 9.93. The molecular formula is C20H41O. The van der Waals surface area contributed by atoms with Crippen LogP contribution < -0.4 is 0 Å². The Bertz CT molecular complexity index is 179. The topological polar surface area (TPSA) is 19.9 Å². The van der Waals surface area contributed by atoms with Gasteiger partial charge in [0.2, 0.25) is 0 Å². The van der Waals surface area contributed by atoms with Crippen LogP contribution in [0.15, 0.2) is 0 Å². The van der Waals surface area contributed by atoms with Crippen LogP contribution in [-0.2, 0) is 5.11 Å². The Morgan fingerprint density at radius 2 is 0.857 bits per heavy atom. The Balaban J connectivity index is 3.28. The Labute approximate surface area is 134 Å². The molecular weight excluding hydrogens is 256 g/mol. The molecule has 0 aromatic rings. The van der Waals surface area contributed by atoms with Gasteiger partial charge in [-0.1, -0.05) is 104 Å². The summed E-state index contributed by atoms with van der Waals surface area (Å²) in [4.78, 5) is 0. The third-order valence-corrected chi connectivity index (χ3v) is 4.67. The third-order valence-electron chi connectivity index (χ3n) is 4.67. The van der Waals surface area contributed by atoms with Crippen molar-refractivity contribution in [1.29, 1.82) is 0 Å². The SMILES string of the molecule is CCCCCCCCCCC(C[O])CCCCCCCC. The van der Waals surface area contributed by atoms with E-state index in [2.05, 4.69) is 13.8 Å². The van der Waals surface area contributed by atoms with E-state index in [1.807, 2.05) is 0 Å². The molecule has 0 aromatic carbocycles. The van der Waals surface area contributed by atoms with Gasteiger partial charge in [-0.3, -0.25) is 0 Å². The highest BCUT2D eigenvalue weighted by Gasteiger charge is 2.07. The maximum absolute atomic E-state index is 11.2. The van der Waals surface area contributed by atoms with Gasteiger partial charge in [-0.2, -0.15) is 0 Å². The molecule has 1 heteroatoms. The van der Waals surface area contributed by atoms with Crippen LogP contribution >= 0.6 is 0 Å². The summed E-state index contributed by atoms with van der Waals surface area (Å²) in [5.41, 5.74) is 0. The zero-order valence-corrected chi connectivity index (χ0v) is 15.0. The maximum Gasteiger partial charge on any atom is 0.0850 e. The van der Waals surface area contributed by atoms with Gasteiger partial charge >= 0.3 is 0 Å². The first-order valence-corrected chi connectivity index (χ1v) is 9.93. The first kappa shape index (κ1) is 21.0. The second kappa shape index (κ2) is 18.0. The molecule has 0 saturated heterocycles. The van der Waals surface area contributed by atoms with Crippen LogP contribution in [0.3, 0.4) is 0 Å². The summed E-state index contributed by atoms with van der Waals surface area (Å²) >= 11 is 0. The van der Waals surface area contributed by atoms with E-state index in [4.69, 9.17) is 0 Å². The third kappa shape index (κ3) is 16.2. The highest BCUT2D eigenvalue weighted by atomic mass is 16.3. The van der Waals surface area contributed by atoms with Gasteiger partial charge in [-0.25, -0.2) is 5.11 Å². The van der Waals surface area contributed by atoms with E-state index in [1.165, 1.54) is 103 Å². The molecule has 0 amide bonds. The monoisotopic (exact) mass is 297 g/mol. The van der Waals surface area contributed by atoms with Crippen molar-refractivity contribution >= 4 is 0 Å². The first-order chi connectivity index (χ1) is 10.3. The minimum absolute atomic E-state index is 0.158. The fourth-order valence-electron chi connectivity index (χ4n) is 3.09. The molecule has 0 N–H and O–H groups in total. The number of unbranched alkanes of at least 4 members (excludes halogenated alkanes) is 12. The Hall–Kier alpha value is -0.0400. The van der Waals surface area contributed by atoms with E-state index in [0.29, 0.717) is 5.92 Å². The Morgan fingerprint density at radius 1 is 0.524 bits per heavy atom. The predicted molar refractivity (Wildman–Crippen MR) is 94.3 cm³/mol. The quantitative estimate of drug-likeness (QED) is 0.251. The molecule has 21 heavy (non-hydrogen) atoms. The van der Waals surface area contributed by atoms with E-state index in [1.54, 1.807) is 0 Å². The molecule has 1 nitrogen and oxygen atoms in total. The zero-order valence-electron chi connectivity index (χ0n) is 15.0. The minimum atomic E-state index is 0.158. The van der Waals surface area contributed by atoms with E-state index in [-0.39, 0.29) is 6.61 Å². The van der Waals surface area contributed by atoms with E-state index in [9.17, 15) is 5.11 Å². The zero-order chi connectivity index (χ0) is 15.6. The van der Waals surface area contributed by atoms with Crippen molar-refractivity contribution in [1.82, 2.24) is 0 Å². The summed E-state index contributed by atoms with van der Waals surface area (Å²) in [6, 6.07) is 0. The molecule has 127 valence electrons. The van der Waals surface area contributed by atoms with Crippen LogP contribution in [0.4, 0.5) is 0 Å². The lowest BCUT2D eigenvalue weighted by molar-refractivity contribution is 0.130. The van der Waals surface area contributed by atoms with Gasteiger partial charge in [0.15, 0.2) is 0 Å². The van der Waals surface area contributed by atoms with Gasteiger partial charge in [0.05, 0.1) is 6.61 Å². The second-order valence-corrected chi connectivity index (χ2v) is 6.85. The molecule has 1 atom stereocenters. The molecule has 1 radical (unpaired) electrons. The summed E-state index contributed by atoms with van der Waals surface area (Å²) in [5.74, 6) is 0.469. The molecule has 1 unspecified atom stereocenters. The van der Waals surface area contributed by atoms with Crippen LogP contribution in [0.1, 0.15) is 117 Å². The summed E-state index contributed by atoms with van der Waals surface area (Å²) in [5, 5.41) is 11.2. The van der Waals surface area contributed by atoms with Crippen LogP contribution in [0, 0.1) is 5.92 Å². The molecule has 0 rings (SSSR count). The molecule has 0 aliphatic heterocycles. The average molecular weight is 298 g/mol. The second-order valence-electron chi connectivity index (χ2n) is 6.85. The largest absolute Gasteiger partial charge is 0.236 e. The van der Waals surface area contributed by atoms with Gasteiger partial charge in [0.25, 0.3) is 0 Å². The summed E-state index contributed by atoms with van der Waals surface area (Å²) in [6.07, 6.45) is 21.4. The molecule has 0 bridgehead atoms. The predicted octanol–water partition coefficient (Wildman–Crippen LogP) is 7.31. The average Bonchev–Trinajstić information content (AvgIpc) is 2.51. The molecule has 0 aliphatic carbocycles. The van der Waals surface area contributed by atoms with E-state index in [0.717, 1.165) is 0 Å². The van der Waals surface area contributed by atoms with Crippen molar-refractivity contribution in [2.45, 2.75) is 117 Å². The normalized spacial score (nSPS) is 12.7. The minimum Gasteiger partial charge on any atom is -0.236 e. The lowest BCUT2D eigenvalue weighted by Crippen LogP contribution is -2.05. The molecule has 0 fully saturated rings. The van der Waals surface area contributed by atoms with Crippen molar-refractivity contribution in [3.63, 3.8) is 0 Å². The number of hydrogen-bond donors (Lipinski definition) is 0. The van der Waals surface area contributed by atoms with Crippen LogP contribution in [0.2, 0.25) is 0 Å². The molecule has 0 aliphatic rings. The van der Waals surface area contributed by atoms with Crippen molar-refractivity contribution in [2.24, 2.45) is 5.92 Å². The van der Waals surface area contributed by atoms with Crippen molar-refractivity contribution in [2.75, 3.05) is 6.61 Å². The van der Waals surface area contributed by atoms with Gasteiger partial charge < -0.3 is 0 Å². The fraction of sp³-hybridized carbons (Fsp3) is 1.00. The van der Waals surface area contributed by atoms with Gasteiger partial charge in [-0.15, -0.1) is 0 Å². The van der Waals surface area contributed by atoms with Crippen molar-refractivity contribution in [3.8, 4) is 0 Å². The lowest BCUT2D eigenvalue weighted by atomic mass is 9.95. The van der Waals surface area contributed by atoms with Crippen molar-refractivity contribution in [3.05, 3.63) is 0 Å². The highest BCUT2D eigenvalue weighted by Crippen LogP contribution is 2.19. The Morgan fingerprint density at radius 3 is 1.19 bits per heavy atom. The fourth-order valence-corrected chi connectivity index (χ4v) is 3.09. The van der Waals surface area contributed by atoms with Gasteiger partial charge in [-0.05, 0) is 18.8 Å². The molecule has 0 spiro atoms. The smallest absolute Gasteiger partial charge is 0.0850 e. The highest BCUT2D eigenvalue weighted by molar-refractivity contribution is 4.59. The van der Waals surface area contributed by atoms with Gasteiger partial charge in [0, 0.05) is 0 Å². The van der Waals surface area contributed by atoms with E-state index >= 15 is 0 Å². The molecule has 0 aromatic heterocycles. The van der Waals surface area contributed by atoms with Crippen LogP contribution in [0.25, 0.3) is 0 Å². The number of hydrogen-bond acceptors (Lipinski definition) is 0. The van der Waals surface area contributed by atoms with Gasteiger partial charge in [0.1, 0.15) is 0 Å². The van der Waals surface area contributed by atoms with Crippen LogP contribution in [-0.4, -0.2) is 6.61 Å². The summed E-state index contributed by atoms with van der Waals surface area (Å²) in [7, 11) is 0. The molecule has 0 heterocycles. The molecule has 0 saturated carbocycles. The Kier molecular flexibility index (Phi) is 18.0. The summed E-state index contributed by atoms with van der Waals surface area (Å²) in [6.45, 7) is 4.69. The van der Waals surface area contributed by atoms with E-state index < -0.39 is 0 Å². The number of rotatable bonds is 17. The van der Waals surface area contributed by atoms with Crippen molar-refractivity contribution < 1.29 is 5.11 Å². The standard InChI is InChI=1S/C20H41O/c1-3-5-7-9-11-12-14-16-18-20(19-21)17-15-13-10-8-6-4-2/h20H,3-19H2,1-2H3. The van der Waals surface area contributed by atoms with Crippen LogP contribution in [0.5, 0.6) is 0 Å². The maximum atomic E-state index is 11.2. The lowest BCUT2D eigenvalue weighted by Gasteiger charge is -2.12. The summed E-state index contributed by atoms with van der Waals surface area (Å²) < 4.78 is 0.